The lowest BCUT2D eigenvalue weighted by atomic mass is 10.0. The van der Waals surface area contributed by atoms with Crippen LogP contribution in [-0.2, 0) is 11.4 Å². The standard InChI is InChI=1S/C25H23F2NO4/c1-31-24-14-22(27)21(26)13-20(24)17-7-9-19(10-8-17)32-15-16-4-2-5-18(12-16)28-11-3-6-23(28)25(29)30/h2,4-5,7-10,12-14,23H,3,6,11,15H2,1H3,(H,29,30). The Balaban J connectivity index is 1.46. The van der Waals surface area contributed by atoms with Crippen LogP contribution in [0.15, 0.2) is 60.7 Å². The fourth-order valence-electron chi connectivity index (χ4n) is 3.98. The minimum atomic E-state index is -0.962. The van der Waals surface area contributed by atoms with Gasteiger partial charge < -0.3 is 19.5 Å². The molecule has 0 spiro atoms. The Kier molecular flexibility index (Phi) is 6.25. The minimum absolute atomic E-state index is 0.246. The molecule has 4 rings (SSSR count). The van der Waals surface area contributed by atoms with Gasteiger partial charge in [0.25, 0.3) is 0 Å². The first-order valence-corrected chi connectivity index (χ1v) is 10.3. The Morgan fingerprint density at radius 3 is 2.56 bits per heavy atom. The van der Waals surface area contributed by atoms with Crippen molar-refractivity contribution in [2.75, 3.05) is 18.6 Å². The summed E-state index contributed by atoms with van der Waals surface area (Å²) in [4.78, 5) is 13.4. The van der Waals surface area contributed by atoms with Gasteiger partial charge in [-0.25, -0.2) is 13.6 Å². The molecule has 0 saturated carbocycles. The van der Waals surface area contributed by atoms with Gasteiger partial charge >= 0.3 is 5.97 Å². The molecule has 5 nitrogen and oxygen atoms in total. The van der Waals surface area contributed by atoms with Crippen molar-refractivity contribution in [1.82, 2.24) is 0 Å². The summed E-state index contributed by atoms with van der Waals surface area (Å²) in [5.74, 6) is -1.84. The van der Waals surface area contributed by atoms with Gasteiger partial charge in [0, 0.05) is 23.9 Å². The second-order valence-corrected chi connectivity index (χ2v) is 7.64. The average Bonchev–Trinajstić information content (AvgIpc) is 3.30. The third-order valence-electron chi connectivity index (χ3n) is 5.59. The first kappa shape index (κ1) is 21.6. The van der Waals surface area contributed by atoms with E-state index >= 15 is 0 Å². The third-order valence-corrected chi connectivity index (χ3v) is 5.59. The van der Waals surface area contributed by atoms with Crippen LogP contribution in [0, 0.1) is 11.6 Å². The number of carbonyl (C=O) groups is 1. The normalized spacial score (nSPS) is 15.6. The van der Waals surface area contributed by atoms with E-state index in [1.165, 1.54) is 7.11 Å². The lowest BCUT2D eigenvalue weighted by Gasteiger charge is -2.24. The van der Waals surface area contributed by atoms with Crippen molar-refractivity contribution in [1.29, 1.82) is 0 Å². The summed E-state index contributed by atoms with van der Waals surface area (Å²) in [5.41, 5.74) is 2.91. The molecular weight excluding hydrogens is 416 g/mol. The highest BCUT2D eigenvalue weighted by atomic mass is 19.2. The number of benzene rings is 3. The van der Waals surface area contributed by atoms with Crippen LogP contribution >= 0.6 is 0 Å². The molecule has 0 radical (unpaired) electrons. The van der Waals surface area contributed by atoms with Crippen LogP contribution in [0.5, 0.6) is 11.5 Å². The maximum Gasteiger partial charge on any atom is 0.326 e. The van der Waals surface area contributed by atoms with Gasteiger partial charge in [0.15, 0.2) is 11.6 Å². The van der Waals surface area contributed by atoms with E-state index in [9.17, 15) is 18.7 Å². The number of hydrogen-bond donors (Lipinski definition) is 1. The van der Waals surface area contributed by atoms with Gasteiger partial charge in [-0.2, -0.15) is 0 Å². The average molecular weight is 439 g/mol. The van der Waals surface area contributed by atoms with Crippen molar-refractivity contribution >= 4 is 11.7 Å². The number of ether oxygens (including phenoxy) is 2. The topological polar surface area (TPSA) is 59.0 Å². The summed E-state index contributed by atoms with van der Waals surface area (Å²) >= 11 is 0. The summed E-state index contributed by atoms with van der Waals surface area (Å²) in [7, 11) is 1.41. The molecule has 166 valence electrons. The van der Waals surface area contributed by atoms with Gasteiger partial charge in [-0.1, -0.05) is 24.3 Å². The molecular formula is C25H23F2NO4. The molecule has 1 unspecified atom stereocenters. The minimum Gasteiger partial charge on any atom is -0.496 e. The highest BCUT2D eigenvalue weighted by molar-refractivity contribution is 5.79. The fourth-order valence-corrected chi connectivity index (χ4v) is 3.98. The van der Waals surface area contributed by atoms with E-state index < -0.39 is 23.6 Å². The zero-order valence-corrected chi connectivity index (χ0v) is 17.6. The van der Waals surface area contributed by atoms with Crippen LogP contribution in [0.1, 0.15) is 18.4 Å². The van der Waals surface area contributed by atoms with Crippen LogP contribution in [0.25, 0.3) is 11.1 Å². The Bertz CT molecular complexity index is 1120. The number of carboxylic acids is 1. The molecule has 32 heavy (non-hydrogen) atoms. The molecule has 0 aromatic heterocycles. The van der Waals surface area contributed by atoms with Crippen molar-refractivity contribution in [3.05, 3.63) is 77.9 Å². The number of anilines is 1. The molecule has 1 aliphatic heterocycles. The lowest BCUT2D eigenvalue weighted by Crippen LogP contribution is -2.35. The van der Waals surface area contributed by atoms with E-state index in [1.54, 1.807) is 24.3 Å². The zero-order chi connectivity index (χ0) is 22.7. The zero-order valence-electron chi connectivity index (χ0n) is 17.6. The predicted molar refractivity (Wildman–Crippen MR) is 117 cm³/mol. The molecule has 0 aliphatic carbocycles. The van der Waals surface area contributed by atoms with Gasteiger partial charge in [-0.15, -0.1) is 0 Å². The van der Waals surface area contributed by atoms with Crippen LogP contribution < -0.4 is 14.4 Å². The Labute approximate surface area is 184 Å². The molecule has 0 amide bonds. The summed E-state index contributed by atoms with van der Waals surface area (Å²) in [6.45, 7) is 1.03. The van der Waals surface area contributed by atoms with Crippen molar-refractivity contribution in [3.63, 3.8) is 0 Å². The maximum atomic E-state index is 13.7. The number of hydrogen-bond acceptors (Lipinski definition) is 4. The van der Waals surface area contributed by atoms with Crippen LogP contribution in [0.3, 0.4) is 0 Å². The molecule has 3 aromatic rings. The van der Waals surface area contributed by atoms with Crippen LogP contribution in [-0.4, -0.2) is 30.8 Å². The van der Waals surface area contributed by atoms with Crippen LogP contribution in [0.2, 0.25) is 0 Å². The number of rotatable bonds is 7. The number of methoxy groups -OCH3 is 1. The lowest BCUT2D eigenvalue weighted by molar-refractivity contribution is -0.138. The monoisotopic (exact) mass is 439 g/mol. The molecule has 1 N–H and O–H groups in total. The highest BCUT2D eigenvalue weighted by Gasteiger charge is 2.30. The van der Waals surface area contributed by atoms with E-state index in [-0.39, 0.29) is 5.75 Å². The van der Waals surface area contributed by atoms with E-state index in [1.807, 2.05) is 29.2 Å². The van der Waals surface area contributed by atoms with Crippen molar-refractivity contribution in [2.45, 2.75) is 25.5 Å². The van der Waals surface area contributed by atoms with Crippen LogP contribution in [0.4, 0.5) is 14.5 Å². The molecule has 3 aromatic carbocycles. The molecule has 1 saturated heterocycles. The number of halogens is 2. The molecule has 7 heteroatoms. The van der Waals surface area contributed by atoms with Crippen molar-refractivity contribution in [2.24, 2.45) is 0 Å². The Hall–Kier alpha value is -3.61. The van der Waals surface area contributed by atoms with Crippen molar-refractivity contribution < 1.29 is 28.2 Å². The molecule has 0 bridgehead atoms. The van der Waals surface area contributed by atoms with E-state index in [4.69, 9.17) is 9.47 Å². The van der Waals surface area contributed by atoms with Gasteiger partial charge in [-0.3, -0.25) is 0 Å². The summed E-state index contributed by atoms with van der Waals surface area (Å²) < 4.78 is 38.2. The molecule has 1 heterocycles. The predicted octanol–water partition coefficient (Wildman–Crippen LogP) is 5.27. The van der Waals surface area contributed by atoms with E-state index in [2.05, 4.69) is 0 Å². The third kappa shape index (κ3) is 4.51. The van der Waals surface area contributed by atoms with Gasteiger partial charge in [0.05, 0.1) is 7.11 Å². The van der Waals surface area contributed by atoms with Gasteiger partial charge in [-0.05, 0) is 54.3 Å². The molecule has 1 aliphatic rings. The second kappa shape index (κ2) is 9.26. The first-order chi connectivity index (χ1) is 15.5. The second-order valence-electron chi connectivity index (χ2n) is 7.64. The van der Waals surface area contributed by atoms with Gasteiger partial charge in [0.1, 0.15) is 24.1 Å². The number of nitrogens with zero attached hydrogens (tertiary/aromatic N) is 1. The van der Waals surface area contributed by atoms with E-state index in [0.29, 0.717) is 29.9 Å². The smallest absolute Gasteiger partial charge is 0.326 e. The summed E-state index contributed by atoms with van der Waals surface area (Å²) in [6, 6.07) is 16.3. The maximum absolute atomic E-state index is 13.7. The van der Waals surface area contributed by atoms with Crippen molar-refractivity contribution in [3.8, 4) is 22.6 Å². The molecule has 1 fully saturated rings. The largest absolute Gasteiger partial charge is 0.496 e. The fraction of sp³-hybridized carbons (Fsp3) is 0.240. The van der Waals surface area contributed by atoms with E-state index in [0.717, 1.165) is 36.3 Å². The number of aliphatic carboxylic acids is 1. The Morgan fingerprint density at radius 1 is 1.09 bits per heavy atom. The van der Waals surface area contributed by atoms with Gasteiger partial charge in [0.2, 0.25) is 0 Å². The highest BCUT2D eigenvalue weighted by Crippen LogP contribution is 2.33. The quantitative estimate of drug-likeness (QED) is 0.543. The first-order valence-electron chi connectivity index (χ1n) is 10.3. The Morgan fingerprint density at radius 2 is 1.84 bits per heavy atom. The summed E-state index contributed by atoms with van der Waals surface area (Å²) in [6.07, 6.45) is 1.50. The SMILES string of the molecule is COc1cc(F)c(F)cc1-c1ccc(OCc2cccc(N3CCCC3C(=O)O)c2)cc1. The summed E-state index contributed by atoms with van der Waals surface area (Å²) in [5, 5.41) is 9.42. The number of carboxylic acid groups (broad SMARTS) is 1. The molecule has 1 atom stereocenters.